The molecule has 9 heteroatoms. The molecule has 0 aliphatic carbocycles. The molecule has 3 heterocycles. The smallest absolute Gasteiger partial charge is 0.444 e. The zero-order valence-electron chi connectivity index (χ0n) is 20.3. The lowest BCUT2D eigenvalue weighted by atomic mass is 9.80. The number of ether oxygens (including phenoxy) is 1. The number of carbonyl (C=O) groups is 1. The molecule has 0 spiro atoms. The highest BCUT2D eigenvalue weighted by Gasteiger charge is 2.51. The van der Waals surface area contributed by atoms with Gasteiger partial charge in [-0.3, -0.25) is 0 Å². The number of nitrogens with zero attached hydrogens (tertiary/aromatic N) is 4. The fraction of sp³-hybridized carbons (Fsp3) is 0.682. The minimum atomic E-state index is -0.502. The van der Waals surface area contributed by atoms with Crippen LogP contribution in [0.3, 0.4) is 0 Å². The molecule has 0 bridgehead atoms. The zero-order chi connectivity index (χ0) is 23.2. The van der Waals surface area contributed by atoms with Gasteiger partial charge in [0.05, 0.1) is 16.7 Å². The third kappa shape index (κ3) is 5.04. The number of amides is 1. The fourth-order valence-corrected chi connectivity index (χ4v) is 3.42. The van der Waals surface area contributed by atoms with E-state index in [9.17, 15) is 4.79 Å². The maximum atomic E-state index is 12.2. The van der Waals surface area contributed by atoms with Gasteiger partial charge in [-0.05, 0) is 67.9 Å². The molecule has 1 aliphatic rings. The van der Waals surface area contributed by atoms with E-state index in [1.54, 1.807) is 18.1 Å². The van der Waals surface area contributed by atoms with Crippen LogP contribution in [0.2, 0.25) is 0 Å². The average Bonchev–Trinajstić information content (AvgIpc) is 3.05. The van der Waals surface area contributed by atoms with Crippen LogP contribution in [-0.4, -0.2) is 63.0 Å². The third-order valence-electron chi connectivity index (χ3n) is 5.92. The van der Waals surface area contributed by atoms with Gasteiger partial charge in [0.25, 0.3) is 0 Å². The summed E-state index contributed by atoms with van der Waals surface area (Å²) in [6.45, 7) is 17.0. The summed E-state index contributed by atoms with van der Waals surface area (Å²) in [7, 11) is 1.29. The number of aromatic nitrogens is 3. The summed E-state index contributed by atoms with van der Waals surface area (Å²) >= 11 is 0. The van der Waals surface area contributed by atoms with E-state index in [1.165, 1.54) is 0 Å². The Hall–Kier alpha value is -2.13. The molecule has 1 fully saturated rings. The van der Waals surface area contributed by atoms with E-state index < -0.39 is 23.9 Å². The first-order valence-corrected chi connectivity index (χ1v) is 10.8. The molecule has 3 rings (SSSR count). The van der Waals surface area contributed by atoms with E-state index >= 15 is 0 Å². The Morgan fingerprint density at radius 2 is 1.84 bits per heavy atom. The molecule has 0 saturated carbocycles. The second-order valence-corrected chi connectivity index (χ2v) is 10.3. The number of fused-ring (bicyclic) bond motifs is 1. The van der Waals surface area contributed by atoms with Crippen molar-refractivity contribution >= 4 is 29.8 Å². The predicted molar refractivity (Wildman–Crippen MR) is 121 cm³/mol. The summed E-state index contributed by atoms with van der Waals surface area (Å²) in [5.41, 5.74) is 1.18. The first-order valence-electron chi connectivity index (χ1n) is 10.8. The molecule has 0 N–H and O–H groups in total. The molecule has 0 atom stereocenters. The first-order chi connectivity index (χ1) is 14.2. The van der Waals surface area contributed by atoms with Crippen LogP contribution in [-0.2, 0) is 20.6 Å². The Morgan fingerprint density at radius 3 is 2.42 bits per heavy atom. The van der Waals surface area contributed by atoms with Gasteiger partial charge in [-0.1, -0.05) is 0 Å². The topological polar surface area (TPSA) is 78.7 Å². The van der Waals surface area contributed by atoms with Gasteiger partial charge in [-0.25, -0.2) is 14.8 Å². The third-order valence-corrected chi connectivity index (χ3v) is 5.92. The van der Waals surface area contributed by atoms with Gasteiger partial charge < -0.3 is 23.5 Å². The van der Waals surface area contributed by atoms with Crippen molar-refractivity contribution in [3.05, 3.63) is 18.1 Å². The molecule has 0 unspecified atom stereocenters. The van der Waals surface area contributed by atoms with Crippen molar-refractivity contribution in [3.63, 3.8) is 0 Å². The van der Waals surface area contributed by atoms with E-state index in [0.29, 0.717) is 18.7 Å². The van der Waals surface area contributed by atoms with Gasteiger partial charge in [-0.15, -0.1) is 0 Å². The van der Waals surface area contributed by atoms with Crippen molar-refractivity contribution in [2.45, 2.75) is 85.2 Å². The summed E-state index contributed by atoms with van der Waals surface area (Å²) in [6.07, 6.45) is 2.23. The molecule has 31 heavy (non-hydrogen) atoms. The van der Waals surface area contributed by atoms with Crippen molar-refractivity contribution in [1.29, 1.82) is 0 Å². The number of hydrogen-bond acceptors (Lipinski definition) is 6. The van der Waals surface area contributed by atoms with E-state index in [-0.39, 0.29) is 6.09 Å². The molecule has 0 radical (unpaired) electrons. The number of aryl methyl sites for hydroxylation is 2. The number of pyridine rings is 1. The lowest BCUT2D eigenvalue weighted by molar-refractivity contribution is 0.00578. The number of carbonyl (C=O) groups excluding carboxylic acids is 1. The van der Waals surface area contributed by atoms with Crippen molar-refractivity contribution in [2.75, 3.05) is 13.6 Å². The molecule has 2 aromatic rings. The highest BCUT2D eigenvalue weighted by Crippen LogP contribution is 2.36. The SMILES string of the molecule is Cc1nc2ncc(B3OC(C)(C)C(C)(C)O3)cc2n1CCCN(C)C(=O)OC(C)(C)C. The van der Waals surface area contributed by atoms with Crippen LogP contribution in [0, 0.1) is 6.92 Å². The van der Waals surface area contributed by atoms with Crippen LogP contribution < -0.4 is 5.46 Å². The van der Waals surface area contributed by atoms with Gasteiger partial charge in [-0.2, -0.15) is 0 Å². The van der Waals surface area contributed by atoms with E-state index in [2.05, 4.69) is 14.5 Å². The van der Waals surface area contributed by atoms with E-state index in [4.69, 9.17) is 14.0 Å². The van der Waals surface area contributed by atoms with Crippen LogP contribution in [0.15, 0.2) is 12.3 Å². The van der Waals surface area contributed by atoms with Gasteiger partial charge in [0, 0.05) is 31.8 Å². The van der Waals surface area contributed by atoms with Crippen LogP contribution >= 0.6 is 0 Å². The molecule has 1 aliphatic heterocycles. The molecule has 170 valence electrons. The number of hydrogen-bond donors (Lipinski definition) is 0. The quantitative estimate of drug-likeness (QED) is 0.678. The number of imidazole rings is 1. The normalized spacial score (nSPS) is 17.9. The Morgan fingerprint density at radius 1 is 1.23 bits per heavy atom. The molecule has 1 amide bonds. The molecular formula is C22H35BN4O4. The fourth-order valence-electron chi connectivity index (χ4n) is 3.42. The van der Waals surface area contributed by atoms with Crippen molar-refractivity contribution in [2.24, 2.45) is 0 Å². The van der Waals surface area contributed by atoms with Gasteiger partial charge in [0.1, 0.15) is 11.4 Å². The second kappa shape index (κ2) is 8.09. The van der Waals surface area contributed by atoms with Crippen LogP contribution in [0.1, 0.15) is 60.7 Å². The summed E-state index contributed by atoms with van der Waals surface area (Å²) < 4.78 is 19.9. The highest BCUT2D eigenvalue weighted by atomic mass is 16.7. The maximum absolute atomic E-state index is 12.2. The molecule has 2 aromatic heterocycles. The van der Waals surface area contributed by atoms with Crippen molar-refractivity contribution in [3.8, 4) is 0 Å². The Balaban J connectivity index is 1.73. The van der Waals surface area contributed by atoms with Gasteiger partial charge in [0.2, 0.25) is 0 Å². The highest BCUT2D eigenvalue weighted by molar-refractivity contribution is 6.62. The Kier molecular flexibility index (Phi) is 6.14. The Bertz CT molecular complexity index is 948. The minimum absolute atomic E-state index is 0.315. The lowest BCUT2D eigenvalue weighted by Crippen LogP contribution is -2.41. The first kappa shape index (κ1) is 23.5. The molecular weight excluding hydrogens is 395 g/mol. The van der Waals surface area contributed by atoms with Gasteiger partial charge >= 0.3 is 13.2 Å². The average molecular weight is 430 g/mol. The summed E-state index contributed by atoms with van der Waals surface area (Å²) in [4.78, 5) is 22.9. The Labute approximate surface area is 185 Å². The molecule has 0 aromatic carbocycles. The summed E-state index contributed by atoms with van der Waals surface area (Å²) in [5.74, 6) is 0.883. The maximum Gasteiger partial charge on any atom is 0.496 e. The lowest BCUT2D eigenvalue weighted by Gasteiger charge is -2.32. The summed E-state index contributed by atoms with van der Waals surface area (Å²) in [6, 6.07) is 2.04. The van der Waals surface area contributed by atoms with Crippen molar-refractivity contribution < 1.29 is 18.8 Å². The van der Waals surface area contributed by atoms with Crippen molar-refractivity contribution in [1.82, 2.24) is 19.4 Å². The van der Waals surface area contributed by atoms with Crippen LogP contribution in [0.5, 0.6) is 0 Å². The largest absolute Gasteiger partial charge is 0.496 e. The van der Waals surface area contributed by atoms with E-state index in [1.807, 2.05) is 61.5 Å². The molecule has 1 saturated heterocycles. The van der Waals surface area contributed by atoms with E-state index in [0.717, 1.165) is 23.2 Å². The number of rotatable bonds is 5. The van der Waals surface area contributed by atoms with Gasteiger partial charge in [0.15, 0.2) is 5.65 Å². The standard InChI is InChI=1S/C22H35BN4O4/c1-15-25-18-17(27(15)12-10-11-26(9)19(28)29-20(2,3)4)13-16(14-24-18)23-30-21(5,6)22(7,8)31-23/h13-14H,10-12H2,1-9H3. The van der Waals surface area contributed by atoms with Crippen LogP contribution in [0.4, 0.5) is 4.79 Å². The minimum Gasteiger partial charge on any atom is -0.444 e. The predicted octanol–water partition coefficient (Wildman–Crippen LogP) is 3.30. The zero-order valence-corrected chi connectivity index (χ0v) is 20.3. The van der Waals surface area contributed by atoms with Crippen LogP contribution in [0.25, 0.3) is 11.2 Å². The monoisotopic (exact) mass is 430 g/mol. The second-order valence-electron chi connectivity index (χ2n) is 10.3. The molecule has 8 nitrogen and oxygen atoms in total. The summed E-state index contributed by atoms with van der Waals surface area (Å²) in [5, 5.41) is 0.